The summed E-state index contributed by atoms with van der Waals surface area (Å²) >= 11 is 0. The third-order valence-corrected chi connectivity index (χ3v) is 11.3. The second-order valence-corrected chi connectivity index (χ2v) is 14.8. The summed E-state index contributed by atoms with van der Waals surface area (Å²) in [4.78, 5) is 13.5. The number of carbonyl (C=O) groups excluding carboxylic acids is 1. The Bertz CT molecular complexity index is 2040. The van der Waals surface area contributed by atoms with Gasteiger partial charge in [0.25, 0.3) is 5.91 Å². The van der Waals surface area contributed by atoms with Crippen LogP contribution in [0.3, 0.4) is 0 Å². The van der Waals surface area contributed by atoms with E-state index in [0.717, 1.165) is 51.4 Å². The van der Waals surface area contributed by atoms with E-state index in [1.54, 1.807) is 18.2 Å². The van der Waals surface area contributed by atoms with E-state index in [1.807, 2.05) is 44.2 Å². The second kappa shape index (κ2) is 13.3. The van der Waals surface area contributed by atoms with Gasteiger partial charge in [-0.25, -0.2) is 0 Å². The summed E-state index contributed by atoms with van der Waals surface area (Å²) in [5.41, 5.74) is 6.69. The molecular formula is C44H44F3NO2. The molecule has 258 valence electrons. The van der Waals surface area contributed by atoms with Gasteiger partial charge in [0.1, 0.15) is 5.75 Å². The van der Waals surface area contributed by atoms with Gasteiger partial charge in [-0.15, -0.1) is 0 Å². The first-order chi connectivity index (χ1) is 23.9. The lowest BCUT2D eigenvalue weighted by molar-refractivity contribution is -0.137. The SMILES string of the molecule is CCCCCC1CCC(c2ccc(-c3ccc(NC(=O)c4ccc5c(c4)-c4c(cc(O)c6cc(C(F)(F)F)ccc46)C5(C)C)cc3)cc2)CC1. The maximum absolute atomic E-state index is 13.5. The molecule has 0 heterocycles. The number of hydrogen-bond acceptors (Lipinski definition) is 2. The number of benzene rings is 5. The van der Waals surface area contributed by atoms with Crippen LogP contribution in [0.2, 0.25) is 0 Å². The third-order valence-electron chi connectivity index (χ3n) is 11.3. The van der Waals surface area contributed by atoms with E-state index in [-0.39, 0.29) is 17.0 Å². The highest BCUT2D eigenvalue weighted by Gasteiger charge is 2.38. The van der Waals surface area contributed by atoms with Crippen molar-refractivity contribution in [2.24, 2.45) is 5.92 Å². The van der Waals surface area contributed by atoms with Gasteiger partial charge in [-0.3, -0.25) is 4.79 Å². The predicted molar refractivity (Wildman–Crippen MR) is 197 cm³/mol. The summed E-state index contributed by atoms with van der Waals surface area (Å²) in [7, 11) is 0. The van der Waals surface area contributed by atoms with Gasteiger partial charge < -0.3 is 10.4 Å². The molecule has 1 amide bonds. The molecule has 6 heteroatoms. The van der Waals surface area contributed by atoms with Crippen LogP contribution in [0.5, 0.6) is 5.75 Å². The van der Waals surface area contributed by atoms with E-state index < -0.39 is 17.2 Å². The van der Waals surface area contributed by atoms with Crippen LogP contribution >= 0.6 is 0 Å². The number of rotatable bonds is 8. The lowest BCUT2D eigenvalue weighted by atomic mass is 9.77. The van der Waals surface area contributed by atoms with Gasteiger partial charge in [-0.2, -0.15) is 13.2 Å². The molecule has 0 radical (unpaired) electrons. The smallest absolute Gasteiger partial charge is 0.416 e. The van der Waals surface area contributed by atoms with E-state index in [0.29, 0.717) is 22.6 Å². The summed E-state index contributed by atoms with van der Waals surface area (Å²) in [6, 6.07) is 27.3. The van der Waals surface area contributed by atoms with Crippen LogP contribution in [0.4, 0.5) is 18.9 Å². The standard InChI is InChI=1S/C44H44F3NO2/c1-4-5-6-7-27-8-10-28(11-9-27)29-12-14-30(15-13-29)31-16-20-34(21-17-31)48-42(50)32-18-23-38-37(24-32)41-35-22-19-33(44(45,46)47)25-36(35)40(49)26-39(41)43(38,2)3/h12-28,49H,4-11H2,1-3H3,(H,48,50). The first-order valence-corrected chi connectivity index (χ1v) is 18.0. The molecule has 7 rings (SSSR count). The summed E-state index contributed by atoms with van der Waals surface area (Å²) in [5, 5.41) is 14.5. The van der Waals surface area contributed by atoms with Gasteiger partial charge in [0.15, 0.2) is 0 Å². The minimum atomic E-state index is -4.53. The fourth-order valence-electron chi connectivity index (χ4n) is 8.31. The lowest BCUT2D eigenvalue weighted by Gasteiger charge is -2.29. The Balaban J connectivity index is 1.06. The first kappa shape index (κ1) is 33.9. The fraction of sp³-hybridized carbons (Fsp3) is 0.341. The average Bonchev–Trinajstić information content (AvgIpc) is 3.34. The maximum atomic E-state index is 13.5. The topological polar surface area (TPSA) is 49.3 Å². The monoisotopic (exact) mass is 675 g/mol. The third kappa shape index (κ3) is 6.41. The van der Waals surface area contributed by atoms with Crippen molar-refractivity contribution in [1.82, 2.24) is 0 Å². The molecule has 1 saturated carbocycles. The number of carbonyl (C=O) groups is 1. The van der Waals surface area contributed by atoms with Crippen LogP contribution in [0.15, 0.2) is 91.0 Å². The number of fused-ring (bicyclic) bond motifs is 5. The molecule has 5 aromatic rings. The second-order valence-electron chi connectivity index (χ2n) is 14.8. The Kier molecular flexibility index (Phi) is 9.00. The van der Waals surface area contributed by atoms with Gasteiger partial charge in [0.2, 0.25) is 0 Å². The molecule has 0 saturated heterocycles. The number of alkyl halides is 3. The summed E-state index contributed by atoms with van der Waals surface area (Å²) in [6.45, 7) is 6.30. The molecule has 2 aliphatic carbocycles. The number of amides is 1. The van der Waals surface area contributed by atoms with E-state index >= 15 is 0 Å². The van der Waals surface area contributed by atoms with Gasteiger partial charge in [0, 0.05) is 22.1 Å². The fourth-order valence-corrected chi connectivity index (χ4v) is 8.31. The highest BCUT2D eigenvalue weighted by molar-refractivity contribution is 6.09. The van der Waals surface area contributed by atoms with E-state index in [2.05, 4.69) is 36.5 Å². The number of hydrogen-bond donors (Lipinski definition) is 2. The normalized spacial score (nSPS) is 18.1. The Morgan fingerprint density at radius 3 is 2.14 bits per heavy atom. The number of phenolic OH excluding ortho intramolecular Hbond substituents is 1. The number of phenols is 1. The van der Waals surface area contributed by atoms with Crippen LogP contribution in [-0.4, -0.2) is 11.0 Å². The minimum absolute atomic E-state index is 0.132. The molecule has 0 spiro atoms. The summed E-state index contributed by atoms with van der Waals surface area (Å²) in [5.74, 6) is 1.07. The average molecular weight is 676 g/mol. The molecule has 0 aromatic heterocycles. The molecule has 50 heavy (non-hydrogen) atoms. The van der Waals surface area contributed by atoms with E-state index in [4.69, 9.17) is 0 Å². The molecule has 2 aliphatic rings. The zero-order chi connectivity index (χ0) is 35.2. The van der Waals surface area contributed by atoms with Gasteiger partial charge in [-0.1, -0.05) is 95.0 Å². The molecule has 0 unspecified atom stereocenters. The number of aromatic hydroxyl groups is 1. The van der Waals surface area contributed by atoms with Crippen LogP contribution < -0.4 is 5.32 Å². The largest absolute Gasteiger partial charge is 0.507 e. The Hall–Kier alpha value is -4.58. The molecule has 0 bridgehead atoms. The van der Waals surface area contributed by atoms with Crippen molar-refractivity contribution in [3.63, 3.8) is 0 Å². The molecule has 5 aromatic carbocycles. The van der Waals surface area contributed by atoms with Crippen LogP contribution in [0.25, 0.3) is 33.0 Å². The number of unbranched alkanes of at least 4 members (excludes halogenated alkanes) is 2. The minimum Gasteiger partial charge on any atom is -0.507 e. The predicted octanol–water partition coefficient (Wildman–Crippen LogP) is 12.6. The molecule has 3 nitrogen and oxygen atoms in total. The summed E-state index contributed by atoms with van der Waals surface area (Å²) in [6.07, 6.45) is 6.11. The van der Waals surface area contributed by atoms with Crippen molar-refractivity contribution >= 4 is 22.4 Å². The lowest BCUT2D eigenvalue weighted by Crippen LogP contribution is -2.16. The van der Waals surface area contributed by atoms with Crippen LogP contribution in [0.1, 0.15) is 111 Å². The molecule has 1 fully saturated rings. The van der Waals surface area contributed by atoms with Crippen molar-refractivity contribution in [3.8, 4) is 28.0 Å². The van der Waals surface area contributed by atoms with Gasteiger partial charge in [-0.05, 0) is 124 Å². The summed E-state index contributed by atoms with van der Waals surface area (Å²) < 4.78 is 40.5. The Morgan fingerprint density at radius 1 is 0.800 bits per heavy atom. The van der Waals surface area contributed by atoms with Gasteiger partial charge >= 0.3 is 6.18 Å². The maximum Gasteiger partial charge on any atom is 0.416 e. The van der Waals surface area contributed by atoms with Crippen molar-refractivity contribution in [1.29, 1.82) is 0 Å². The first-order valence-electron chi connectivity index (χ1n) is 18.0. The van der Waals surface area contributed by atoms with Crippen LogP contribution in [0, 0.1) is 5.92 Å². The molecule has 0 atom stereocenters. The van der Waals surface area contributed by atoms with E-state index in [9.17, 15) is 23.1 Å². The van der Waals surface area contributed by atoms with Crippen LogP contribution in [-0.2, 0) is 11.6 Å². The van der Waals surface area contributed by atoms with E-state index in [1.165, 1.54) is 63.0 Å². The zero-order valence-electron chi connectivity index (χ0n) is 29.0. The Morgan fingerprint density at radius 2 is 1.48 bits per heavy atom. The highest BCUT2D eigenvalue weighted by atomic mass is 19.4. The number of anilines is 1. The quantitative estimate of drug-likeness (QED) is 0.161. The van der Waals surface area contributed by atoms with Crippen molar-refractivity contribution in [3.05, 3.63) is 119 Å². The highest BCUT2D eigenvalue weighted by Crippen LogP contribution is 2.53. The zero-order valence-corrected chi connectivity index (χ0v) is 29.0. The molecule has 0 aliphatic heterocycles. The Labute approximate surface area is 292 Å². The molecule has 2 N–H and O–H groups in total. The van der Waals surface area contributed by atoms with Crippen molar-refractivity contribution in [2.45, 2.75) is 89.6 Å². The number of nitrogens with one attached hydrogen (secondary N) is 1. The number of halogens is 3. The van der Waals surface area contributed by atoms with Crippen molar-refractivity contribution in [2.75, 3.05) is 5.32 Å². The van der Waals surface area contributed by atoms with Gasteiger partial charge in [0.05, 0.1) is 5.56 Å². The van der Waals surface area contributed by atoms with Crippen molar-refractivity contribution < 1.29 is 23.1 Å². The molecular weight excluding hydrogens is 631 g/mol.